The Balaban J connectivity index is 1.78. The fourth-order valence-corrected chi connectivity index (χ4v) is 3.85. The molecule has 1 amide bonds. The molecule has 2 aliphatic rings. The zero-order chi connectivity index (χ0) is 17.1. The molecule has 6 nitrogen and oxygen atoms in total. The summed E-state index contributed by atoms with van der Waals surface area (Å²) < 4.78 is 0. The van der Waals surface area contributed by atoms with Crippen molar-refractivity contribution in [1.29, 1.82) is 0 Å². The van der Waals surface area contributed by atoms with Crippen LogP contribution in [0.4, 0.5) is 0 Å². The second kappa shape index (κ2) is 7.47. The third-order valence-corrected chi connectivity index (χ3v) is 5.38. The molecular formula is C18H28N4O2. The molecule has 1 aromatic heterocycles. The third kappa shape index (κ3) is 3.86. The average Bonchev–Trinajstić information content (AvgIpc) is 2.61. The van der Waals surface area contributed by atoms with Gasteiger partial charge in [0.2, 0.25) is 5.91 Å². The van der Waals surface area contributed by atoms with Crippen LogP contribution in [0.2, 0.25) is 0 Å². The molecule has 0 bridgehead atoms. The molecule has 0 spiro atoms. The van der Waals surface area contributed by atoms with Gasteiger partial charge in [0, 0.05) is 37.4 Å². The van der Waals surface area contributed by atoms with E-state index in [1.807, 2.05) is 11.8 Å². The van der Waals surface area contributed by atoms with Gasteiger partial charge < -0.3 is 14.8 Å². The topological polar surface area (TPSA) is 69.3 Å². The number of likely N-dealkylation sites (tertiary alicyclic amines) is 2. The molecule has 3 heterocycles. The van der Waals surface area contributed by atoms with E-state index in [2.05, 4.69) is 16.9 Å². The summed E-state index contributed by atoms with van der Waals surface area (Å²) in [6, 6.07) is 1.63. The Morgan fingerprint density at radius 3 is 2.71 bits per heavy atom. The number of nitrogens with one attached hydrogen (secondary N) is 1. The maximum atomic E-state index is 12.1. The number of nitrogens with zero attached hydrogens (tertiary/aromatic N) is 3. The highest BCUT2D eigenvalue weighted by molar-refractivity contribution is 5.76. The van der Waals surface area contributed by atoms with Crippen molar-refractivity contribution in [2.75, 3.05) is 33.2 Å². The van der Waals surface area contributed by atoms with E-state index in [4.69, 9.17) is 4.98 Å². The van der Waals surface area contributed by atoms with Crippen LogP contribution in [-0.2, 0) is 4.79 Å². The summed E-state index contributed by atoms with van der Waals surface area (Å²) in [5, 5.41) is 0. The fraction of sp³-hybridized carbons (Fsp3) is 0.722. The Kier molecular flexibility index (Phi) is 5.33. The number of carbonyl (C=O) groups is 1. The van der Waals surface area contributed by atoms with Gasteiger partial charge in [-0.05, 0) is 45.8 Å². The lowest BCUT2D eigenvalue weighted by Crippen LogP contribution is -2.39. The second-order valence-corrected chi connectivity index (χ2v) is 7.17. The van der Waals surface area contributed by atoms with Gasteiger partial charge in [0.1, 0.15) is 5.82 Å². The molecule has 1 aromatic rings. The van der Waals surface area contributed by atoms with E-state index >= 15 is 0 Å². The highest BCUT2D eigenvalue weighted by Gasteiger charge is 2.27. The molecular weight excluding hydrogens is 304 g/mol. The van der Waals surface area contributed by atoms with Crippen molar-refractivity contribution >= 4 is 5.91 Å². The van der Waals surface area contributed by atoms with Crippen LogP contribution < -0.4 is 5.56 Å². The molecule has 0 aromatic carbocycles. The average molecular weight is 332 g/mol. The van der Waals surface area contributed by atoms with Crippen LogP contribution in [0.25, 0.3) is 0 Å². The summed E-state index contributed by atoms with van der Waals surface area (Å²) in [4.78, 5) is 36.1. The summed E-state index contributed by atoms with van der Waals surface area (Å²) in [6.07, 6.45) is 4.59. The molecule has 0 aliphatic carbocycles. The molecule has 0 radical (unpaired) electrons. The van der Waals surface area contributed by atoms with Crippen LogP contribution in [0.15, 0.2) is 10.9 Å². The molecule has 6 heteroatoms. The van der Waals surface area contributed by atoms with Crippen molar-refractivity contribution in [1.82, 2.24) is 19.8 Å². The zero-order valence-corrected chi connectivity index (χ0v) is 14.8. The largest absolute Gasteiger partial charge is 0.342 e. The summed E-state index contributed by atoms with van der Waals surface area (Å²) in [7, 11) is 2.13. The van der Waals surface area contributed by atoms with Crippen molar-refractivity contribution in [2.24, 2.45) is 0 Å². The van der Waals surface area contributed by atoms with Gasteiger partial charge in [-0.1, -0.05) is 6.92 Å². The number of carbonyl (C=O) groups excluding carboxylic acids is 1. The third-order valence-electron chi connectivity index (χ3n) is 5.38. The van der Waals surface area contributed by atoms with Crippen LogP contribution in [0.1, 0.15) is 62.4 Å². The summed E-state index contributed by atoms with van der Waals surface area (Å²) in [6.45, 7) is 5.50. The minimum Gasteiger partial charge on any atom is -0.342 e. The molecule has 1 atom stereocenters. The molecule has 1 unspecified atom stereocenters. The minimum absolute atomic E-state index is 0.0622. The van der Waals surface area contributed by atoms with Gasteiger partial charge in [-0.15, -0.1) is 0 Å². The van der Waals surface area contributed by atoms with E-state index in [1.54, 1.807) is 6.07 Å². The van der Waals surface area contributed by atoms with Crippen molar-refractivity contribution < 1.29 is 4.79 Å². The van der Waals surface area contributed by atoms with Crippen molar-refractivity contribution in [3.8, 4) is 0 Å². The van der Waals surface area contributed by atoms with Crippen molar-refractivity contribution in [3.63, 3.8) is 0 Å². The minimum atomic E-state index is -0.0622. The Labute approximate surface area is 143 Å². The Hall–Kier alpha value is -1.69. The molecule has 132 valence electrons. The number of hydrogen-bond acceptors (Lipinski definition) is 4. The fourth-order valence-electron chi connectivity index (χ4n) is 3.85. The van der Waals surface area contributed by atoms with Crippen molar-refractivity contribution in [2.45, 2.75) is 50.9 Å². The lowest BCUT2D eigenvalue weighted by molar-refractivity contribution is -0.132. The first-order valence-electron chi connectivity index (χ1n) is 9.14. The number of aromatic amines is 1. The number of hydrogen-bond donors (Lipinski definition) is 1. The number of amides is 1. The van der Waals surface area contributed by atoms with Crippen molar-refractivity contribution in [3.05, 3.63) is 27.9 Å². The smallest absolute Gasteiger partial charge is 0.251 e. The Morgan fingerprint density at radius 1 is 1.25 bits per heavy atom. The molecule has 24 heavy (non-hydrogen) atoms. The first-order valence-corrected chi connectivity index (χ1v) is 9.14. The molecule has 3 rings (SSSR count). The SMILES string of the molecule is CCC(=O)N1CCCC(c2cc(=O)[nH]c(C3CCN(C)CC3)n2)C1. The van der Waals surface area contributed by atoms with Gasteiger partial charge >= 0.3 is 0 Å². The predicted molar refractivity (Wildman–Crippen MR) is 93.2 cm³/mol. The molecule has 0 saturated carbocycles. The second-order valence-electron chi connectivity index (χ2n) is 7.17. The molecule has 2 fully saturated rings. The van der Waals surface area contributed by atoms with Crippen LogP contribution >= 0.6 is 0 Å². The van der Waals surface area contributed by atoms with Gasteiger partial charge in [0.25, 0.3) is 5.56 Å². The number of H-pyrrole nitrogens is 1. The maximum absolute atomic E-state index is 12.1. The van der Waals surface area contributed by atoms with E-state index in [0.29, 0.717) is 18.9 Å². The molecule has 2 aliphatic heterocycles. The highest BCUT2D eigenvalue weighted by Crippen LogP contribution is 2.28. The van der Waals surface area contributed by atoms with E-state index in [9.17, 15) is 9.59 Å². The zero-order valence-electron chi connectivity index (χ0n) is 14.8. The first kappa shape index (κ1) is 17.1. The van der Waals surface area contributed by atoms with E-state index in [0.717, 1.165) is 56.8 Å². The first-order chi connectivity index (χ1) is 11.6. The Morgan fingerprint density at radius 2 is 2.00 bits per heavy atom. The molecule has 2 saturated heterocycles. The maximum Gasteiger partial charge on any atom is 0.251 e. The Bertz CT molecular complexity index is 634. The lowest BCUT2D eigenvalue weighted by Gasteiger charge is -2.33. The monoisotopic (exact) mass is 332 g/mol. The summed E-state index contributed by atoms with van der Waals surface area (Å²) in [5.41, 5.74) is 0.800. The number of aromatic nitrogens is 2. The van der Waals surface area contributed by atoms with E-state index < -0.39 is 0 Å². The standard InChI is InChI=1S/C18H28N4O2/c1-3-17(24)22-8-4-5-14(12-22)15-11-16(23)20-18(19-15)13-6-9-21(2)10-7-13/h11,13-14H,3-10,12H2,1-2H3,(H,19,20,23). The molecule has 1 N–H and O–H groups in total. The lowest BCUT2D eigenvalue weighted by atomic mass is 9.93. The van der Waals surface area contributed by atoms with Crippen LogP contribution in [0.5, 0.6) is 0 Å². The van der Waals surface area contributed by atoms with E-state index in [1.165, 1.54) is 0 Å². The van der Waals surface area contributed by atoms with Crippen LogP contribution in [0.3, 0.4) is 0 Å². The van der Waals surface area contributed by atoms with Gasteiger partial charge in [0.05, 0.1) is 5.69 Å². The number of rotatable bonds is 3. The number of piperidine rings is 2. The van der Waals surface area contributed by atoms with Gasteiger partial charge in [0.15, 0.2) is 0 Å². The van der Waals surface area contributed by atoms with Gasteiger partial charge in [-0.2, -0.15) is 0 Å². The normalized spacial score (nSPS) is 23.4. The summed E-state index contributed by atoms with van der Waals surface area (Å²) in [5.74, 6) is 1.55. The van der Waals surface area contributed by atoms with E-state index in [-0.39, 0.29) is 17.4 Å². The summed E-state index contributed by atoms with van der Waals surface area (Å²) >= 11 is 0. The predicted octanol–water partition coefficient (Wildman–Crippen LogP) is 1.70. The van der Waals surface area contributed by atoms with Crippen LogP contribution in [0, 0.1) is 0 Å². The van der Waals surface area contributed by atoms with Gasteiger partial charge in [-0.3, -0.25) is 9.59 Å². The van der Waals surface area contributed by atoms with Gasteiger partial charge in [-0.25, -0.2) is 4.98 Å². The van der Waals surface area contributed by atoms with Crippen LogP contribution in [-0.4, -0.2) is 58.9 Å². The quantitative estimate of drug-likeness (QED) is 0.914. The highest BCUT2D eigenvalue weighted by atomic mass is 16.2.